The van der Waals surface area contributed by atoms with Gasteiger partial charge in [-0.25, -0.2) is 13.1 Å². The van der Waals surface area contributed by atoms with E-state index in [0.717, 1.165) is 41.8 Å². The van der Waals surface area contributed by atoms with Gasteiger partial charge in [-0.15, -0.1) is 10.2 Å². The molecule has 0 bridgehead atoms. The maximum Gasteiger partial charge on any atom is 0.240 e. The number of rotatable bonds is 10. The van der Waals surface area contributed by atoms with Crippen LogP contribution in [0.3, 0.4) is 0 Å². The van der Waals surface area contributed by atoms with E-state index in [2.05, 4.69) is 27.2 Å². The first-order valence-corrected chi connectivity index (χ1v) is 11.3. The van der Waals surface area contributed by atoms with Crippen LogP contribution in [-0.2, 0) is 21.2 Å². The summed E-state index contributed by atoms with van der Waals surface area (Å²) in [4.78, 5) is 12.2. The minimum atomic E-state index is -3.63. The second-order valence-electron chi connectivity index (χ2n) is 6.40. The van der Waals surface area contributed by atoms with Gasteiger partial charge in [-0.3, -0.25) is 4.79 Å². The number of benzene rings is 1. The smallest absolute Gasteiger partial charge is 0.240 e. The third-order valence-electron chi connectivity index (χ3n) is 4.14. The zero-order valence-corrected chi connectivity index (χ0v) is 17.5. The Hall–Kier alpha value is -1.84. The lowest BCUT2D eigenvalue weighted by atomic mass is 10.1. The van der Waals surface area contributed by atoms with Crippen molar-refractivity contribution in [1.29, 1.82) is 0 Å². The van der Waals surface area contributed by atoms with Crippen LogP contribution < -0.4 is 10.0 Å². The molecule has 0 saturated heterocycles. The number of carbonyl (C=O) groups is 1. The topological polar surface area (TPSA) is 101 Å². The van der Waals surface area contributed by atoms with Gasteiger partial charge < -0.3 is 5.32 Å². The molecule has 0 fully saturated rings. The summed E-state index contributed by atoms with van der Waals surface area (Å²) in [6, 6.07) is 4.95. The molecule has 0 unspecified atom stereocenters. The first-order valence-electron chi connectivity index (χ1n) is 9.01. The van der Waals surface area contributed by atoms with Crippen LogP contribution in [0.15, 0.2) is 23.1 Å². The first kappa shape index (κ1) is 21.5. The Kier molecular flexibility index (Phi) is 7.88. The average molecular weight is 411 g/mol. The van der Waals surface area contributed by atoms with Crippen LogP contribution in [-0.4, -0.2) is 31.1 Å². The van der Waals surface area contributed by atoms with Crippen molar-refractivity contribution >= 4 is 32.4 Å². The van der Waals surface area contributed by atoms with Crippen LogP contribution in [0.4, 0.5) is 5.13 Å². The molecule has 148 valence electrons. The van der Waals surface area contributed by atoms with Crippen LogP contribution in [0.1, 0.15) is 48.7 Å². The molecule has 1 aromatic heterocycles. The van der Waals surface area contributed by atoms with E-state index in [1.54, 1.807) is 18.2 Å². The third kappa shape index (κ3) is 6.67. The van der Waals surface area contributed by atoms with Crippen LogP contribution in [0.2, 0.25) is 0 Å². The maximum atomic E-state index is 12.3. The van der Waals surface area contributed by atoms with Crippen LogP contribution in [0.5, 0.6) is 0 Å². The highest BCUT2D eigenvalue weighted by Gasteiger charge is 2.15. The summed E-state index contributed by atoms with van der Waals surface area (Å²) >= 11 is 1.36. The quantitative estimate of drug-likeness (QED) is 0.586. The minimum Gasteiger partial charge on any atom is -0.300 e. The fourth-order valence-corrected chi connectivity index (χ4v) is 4.29. The Morgan fingerprint density at radius 3 is 2.63 bits per heavy atom. The maximum absolute atomic E-state index is 12.3. The van der Waals surface area contributed by atoms with Gasteiger partial charge in [0.15, 0.2) is 0 Å². The number of aryl methyl sites for hydroxylation is 3. The largest absolute Gasteiger partial charge is 0.300 e. The minimum absolute atomic E-state index is 0.0171. The normalized spacial score (nSPS) is 11.5. The Morgan fingerprint density at radius 2 is 1.93 bits per heavy atom. The van der Waals surface area contributed by atoms with Gasteiger partial charge in [-0.2, -0.15) is 0 Å². The highest BCUT2D eigenvalue weighted by molar-refractivity contribution is 7.89. The van der Waals surface area contributed by atoms with E-state index in [1.165, 1.54) is 11.3 Å². The van der Waals surface area contributed by atoms with E-state index in [1.807, 2.05) is 13.8 Å². The second kappa shape index (κ2) is 9.91. The third-order valence-corrected chi connectivity index (χ3v) is 6.50. The molecule has 1 aromatic carbocycles. The summed E-state index contributed by atoms with van der Waals surface area (Å²) in [7, 11) is -3.63. The number of hydrogen-bond donors (Lipinski definition) is 2. The molecule has 0 atom stereocenters. The standard InChI is InChI=1S/C18H26N4O3S2/c1-4-5-6-7-17-21-22-18(26-17)20-16(23)10-11-19-27(24,25)15-9-8-13(2)14(3)12-15/h8-9,12,19H,4-7,10-11H2,1-3H3,(H,20,22,23). The SMILES string of the molecule is CCCCCc1nnc(NC(=O)CCNS(=O)(=O)c2ccc(C)c(C)c2)s1. The molecule has 7 nitrogen and oxygen atoms in total. The van der Waals surface area contributed by atoms with E-state index in [4.69, 9.17) is 0 Å². The number of hydrogen-bond acceptors (Lipinski definition) is 6. The van der Waals surface area contributed by atoms with E-state index >= 15 is 0 Å². The van der Waals surface area contributed by atoms with E-state index in [-0.39, 0.29) is 23.8 Å². The molecule has 0 aliphatic rings. The molecular weight excluding hydrogens is 384 g/mol. The zero-order valence-electron chi connectivity index (χ0n) is 15.9. The van der Waals surface area contributed by atoms with Gasteiger partial charge >= 0.3 is 0 Å². The summed E-state index contributed by atoms with van der Waals surface area (Å²) in [5.74, 6) is -0.297. The molecule has 0 aliphatic carbocycles. The van der Waals surface area contributed by atoms with Crippen molar-refractivity contribution in [3.05, 3.63) is 34.3 Å². The average Bonchev–Trinajstić information content (AvgIpc) is 3.04. The van der Waals surface area contributed by atoms with Crippen molar-refractivity contribution in [2.75, 3.05) is 11.9 Å². The monoisotopic (exact) mass is 410 g/mol. The molecule has 1 amide bonds. The Labute approximate surface area is 164 Å². The highest BCUT2D eigenvalue weighted by atomic mass is 32.2. The molecular formula is C18H26N4O3S2. The molecule has 0 aliphatic heterocycles. The molecule has 2 N–H and O–H groups in total. The predicted octanol–water partition coefficient (Wildman–Crippen LogP) is 3.19. The van der Waals surface area contributed by atoms with Crippen LogP contribution in [0.25, 0.3) is 0 Å². The number of nitrogens with one attached hydrogen (secondary N) is 2. The number of unbranched alkanes of at least 4 members (excludes halogenated alkanes) is 2. The lowest BCUT2D eigenvalue weighted by molar-refractivity contribution is -0.116. The zero-order chi connectivity index (χ0) is 19.9. The van der Waals surface area contributed by atoms with E-state index in [9.17, 15) is 13.2 Å². The predicted molar refractivity (Wildman–Crippen MR) is 107 cm³/mol. The molecule has 0 saturated carbocycles. The van der Waals surface area contributed by atoms with Crippen LogP contribution in [0, 0.1) is 13.8 Å². The van der Waals surface area contributed by atoms with Gasteiger partial charge in [0.25, 0.3) is 0 Å². The second-order valence-corrected chi connectivity index (χ2v) is 9.23. The highest BCUT2D eigenvalue weighted by Crippen LogP contribution is 2.18. The van der Waals surface area contributed by atoms with Gasteiger partial charge in [0.2, 0.25) is 21.1 Å². The number of carbonyl (C=O) groups excluding carboxylic acids is 1. The van der Waals surface area contributed by atoms with Gasteiger partial charge in [0, 0.05) is 19.4 Å². The summed E-state index contributed by atoms with van der Waals surface area (Å²) < 4.78 is 27.1. The Balaban J connectivity index is 1.80. The summed E-state index contributed by atoms with van der Waals surface area (Å²) in [5, 5.41) is 12.0. The van der Waals surface area contributed by atoms with Crippen LogP contribution >= 0.6 is 11.3 Å². The molecule has 2 aromatic rings. The Bertz CT molecular complexity index is 878. The fraction of sp³-hybridized carbons (Fsp3) is 0.500. The number of anilines is 1. The lowest BCUT2D eigenvalue weighted by Crippen LogP contribution is -2.28. The van der Waals surface area contributed by atoms with Crippen molar-refractivity contribution in [3.63, 3.8) is 0 Å². The Morgan fingerprint density at radius 1 is 1.15 bits per heavy atom. The van der Waals surface area contributed by atoms with Crippen molar-refractivity contribution in [2.24, 2.45) is 0 Å². The first-order chi connectivity index (χ1) is 12.8. The summed E-state index contributed by atoms with van der Waals surface area (Å²) in [6.45, 7) is 5.94. The number of aromatic nitrogens is 2. The molecule has 9 heteroatoms. The molecule has 2 rings (SSSR count). The van der Waals surface area contributed by atoms with Crippen molar-refractivity contribution < 1.29 is 13.2 Å². The molecule has 0 radical (unpaired) electrons. The van der Waals surface area contributed by atoms with Gasteiger partial charge in [-0.05, 0) is 43.5 Å². The molecule has 0 spiro atoms. The van der Waals surface area contributed by atoms with Crippen molar-refractivity contribution in [3.8, 4) is 0 Å². The lowest BCUT2D eigenvalue weighted by Gasteiger charge is -2.08. The number of sulfonamides is 1. The van der Waals surface area contributed by atoms with Crippen molar-refractivity contribution in [2.45, 2.75) is 57.8 Å². The van der Waals surface area contributed by atoms with E-state index in [0.29, 0.717) is 5.13 Å². The van der Waals surface area contributed by atoms with Gasteiger partial charge in [0.05, 0.1) is 4.90 Å². The molecule has 1 heterocycles. The number of amides is 1. The summed E-state index contributed by atoms with van der Waals surface area (Å²) in [5.41, 5.74) is 1.93. The fourth-order valence-electron chi connectivity index (χ4n) is 2.38. The number of nitrogens with zero attached hydrogens (tertiary/aromatic N) is 2. The summed E-state index contributed by atoms with van der Waals surface area (Å²) in [6.07, 6.45) is 4.22. The molecule has 27 heavy (non-hydrogen) atoms. The van der Waals surface area contributed by atoms with E-state index < -0.39 is 10.0 Å². The van der Waals surface area contributed by atoms with Gasteiger partial charge in [-0.1, -0.05) is 37.2 Å². The van der Waals surface area contributed by atoms with Gasteiger partial charge in [0.1, 0.15) is 5.01 Å². The van der Waals surface area contributed by atoms with Crippen molar-refractivity contribution in [1.82, 2.24) is 14.9 Å².